The summed E-state index contributed by atoms with van der Waals surface area (Å²) >= 11 is 0. The van der Waals surface area contributed by atoms with Gasteiger partial charge >= 0.3 is 0 Å². The molecule has 22 heavy (non-hydrogen) atoms. The van der Waals surface area contributed by atoms with Gasteiger partial charge in [-0.3, -0.25) is 9.48 Å². The van der Waals surface area contributed by atoms with Crippen LogP contribution in [0.15, 0.2) is 12.4 Å². The van der Waals surface area contributed by atoms with Gasteiger partial charge in [0.25, 0.3) is 0 Å². The van der Waals surface area contributed by atoms with Crippen LogP contribution in [-0.2, 0) is 11.8 Å². The maximum Gasteiger partial charge on any atom is 0.226 e. The van der Waals surface area contributed by atoms with E-state index in [9.17, 15) is 4.79 Å². The molecule has 1 amide bonds. The van der Waals surface area contributed by atoms with E-state index in [1.807, 2.05) is 17.9 Å². The Balaban J connectivity index is 1.41. The molecule has 0 N–H and O–H groups in total. The third kappa shape index (κ3) is 2.57. The summed E-state index contributed by atoms with van der Waals surface area (Å²) in [4.78, 5) is 15.2. The molecular formula is C18H27N3O. The van der Waals surface area contributed by atoms with Crippen LogP contribution in [0, 0.1) is 11.8 Å². The van der Waals surface area contributed by atoms with Crippen LogP contribution in [0.2, 0.25) is 0 Å². The molecule has 2 heterocycles. The third-order valence-corrected chi connectivity index (χ3v) is 6.04. The van der Waals surface area contributed by atoms with Gasteiger partial charge in [-0.2, -0.15) is 5.10 Å². The summed E-state index contributed by atoms with van der Waals surface area (Å²) in [5.74, 6) is 1.86. The summed E-state index contributed by atoms with van der Waals surface area (Å²) in [7, 11) is 1.95. The average molecular weight is 301 g/mol. The molecule has 3 fully saturated rings. The highest BCUT2D eigenvalue weighted by atomic mass is 16.2. The number of rotatable bonds is 3. The van der Waals surface area contributed by atoms with Crippen molar-refractivity contribution in [1.82, 2.24) is 14.7 Å². The Hall–Kier alpha value is -1.32. The zero-order valence-electron chi connectivity index (χ0n) is 13.6. The number of aromatic nitrogens is 2. The number of aryl methyl sites for hydroxylation is 1. The first-order valence-electron chi connectivity index (χ1n) is 9.03. The summed E-state index contributed by atoms with van der Waals surface area (Å²) in [6.07, 6.45) is 14.3. The van der Waals surface area contributed by atoms with Gasteiger partial charge in [-0.15, -0.1) is 0 Å². The van der Waals surface area contributed by atoms with Crippen LogP contribution in [0.3, 0.4) is 0 Å². The highest BCUT2D eigenvalue weighted by Gasteiger charge is 2.48. The molecule has 2 aliphatic carbocycles. The number of carbonyl (C=O) groups excluding carboxylic acids is 1. The van der Waals surface area contributed by atoms with Crippen molar-refractivity contribution in [3.63, 3.8) is 0 Å². The van der Waals surface area contributed by atoms with Crippen molar-refractivity contribution in [3.8, 4) is 0 Å². The van der Waals surface area contributed by atoms with E-state index in [1.165, 1.54) is 50.5 Å². The van der Waals surface area contributed by atoms with E-state index in [1.54, 1.807) is 0 Å². The minimum Gasteiger partial charge on any atom is -0.339 e. The van der Waals surface area contributed by atoms with Crippen LogP contribution in [0.4, 0.5) is 0 Å². The number of hydrogen-bond acceptors (Lipinski definition) is 2. The number of likely N-dealkylation sites (tertiary alicyclic amines) is 1. The number of nitrogens with zero attached hydrogens (tertiary/aromatic N) is 3. The highest BCUT2D eigenvalue weighted by molar-refractivity contribution is 5.83. The molecule has 3 atom stereocenters. The first-order valence-corrected chi connectivity index (χ1v) is 9.03. The molecule has 1 aromatic rings. The largest absolute Gasteiger partial charge is 0.339 e. The smallest absolute Gasteiger partial charge is 0.226 e. The zero-order chi connectivity index (χ0) is 15.1. The van der Waals surface area contributed by atoms with Gasteiger partial charge in [0.2, 0.25) is 5.91 Å². The Kier molecular flexibility index (Phi) is 3.71. The summed E-state index contributed by atoms with van der Waals surface area (Å²) in [5.41, 5.74) is 1.24. The van der Waals surface area contributed by atoms with E-state index in [-0.39, 0.29) is 5.92 Å². The standard InChI is InChI=1S/C18H27N3O/c1-20-12-14(11-19-20)15-10-16(15)18(22)21-9-5-8-17(21)13-6-3-2-4-7-13/h11-13,15-17H,2-10H2,1H3/t15-,16-,17-/m0/s1. The Morgan fingerprint density at radius 1 is 1.18 bits per heavy atom. The van der Waals surface area contributed by atoms with E-state index in [0.717, 1.165) is 18.9 Å². The SMILES string of the molecule is Cn1cc([C@@H]2C[C@@H]2C(=O)N2CCC[C@H]2C2CCCCC2)cn1. The van der Waals surface area contributed by atoms with Gasteiger partial charge in [-0.1, -0.05) is 19.3 Å². The second-order valence-corrected chi connectivity index (χ2v) is 7.54. The van der Waals surface area contributed by atoms with Crippen LogP contribution in [-0.4, -0.2) is 33.2 Å². The number of amides is 1. The molecule has 4 nitrogen and oxygen atoms in total. The van der Waals surface area contributed by atoms with E-state index >= 15 is 0 Å². The molecule has 0 spiro atoms. The topological polar surface area (TPSA) is 38.1 Å². The van der Waals surface area contributed by atoms with E-state index in [4.69, 9.17) is 0 Å². The maximum atomic E-state index is 12.9. The molecule has 4 heteroatoms. The predicted octanol–water partition coefficient (Wildman–Crippen LogP) is 3.09. The van der Waals surface area contributed by atoms with Gasteiger partial charge in [0.05, 0.1) is 6.20 Å². The molecule has 2 saturated carbocycles. The Labute approximate surface area is 132 Å². The average Bonchev–Trinajstić information content (AvgIpc) is 2.98. The van der Waals surface area contributed by atoms with Gasteiger partial charge in [0, 0.05) is 31.7 Å². The van der Waals surface area contributed by atoms with Crippen molar-refractivity contribution < 1.29 is 4.79 Å². The molecule has 1 aliphatic heterocycles. The molecule has 1 aromatic heterocycles. The number of hydrogen-bond donors (Lipinski definition) is 0. The van der Waals surface area contributed by atoms with Crippen LogP contribution in [0.5, 0.6) is 0 Å². The molecule has 4 rings (SSSR count). The van der Waals surface area contributed by atoms with Crippen LogP contribution in [0.25, 0.3) is 0 Å². The minimum atomic E-state index is 0.230. The first kappa shape index (κ1) is 14.3. The molecule has 1 saturated heterocycles. The lowest BCUT2D eigenvalue weighted by Gasteiger charge is -2.34. The Morgan fingerprint density at radius 3 is 2.73 bits per heavy atom. The van der Waals surface area contributed by atoms with Gasteiger partial charge in [0.1, 0.15) is 0 Å². The lowest BCUT2D eigenvalue weighted by atomic mass is 9.83. The molecule has 0 bridgehead atoms. The van der Waals surface area contributed by atoms with Crippen LogP contribution in [0.1, 0.15) is 62.8 Å². The minimum absolute atomic E-state index is 0.230. The van der Waals surface area contributed by atoms with Crippen molar-refractivity contribution in [2.75, 3.05) is 6.54 Å². The van der Waals surface area contributed by atoms with Crippen LogP contribution < -0.4 is 0 Å². The fourth-order valence-electron chi connectivity index (χ4n) is 4.76. The zero-order valence-corrected chi connectivity index (χ0v) is 13.6. The highest BCUT2D eigenvalue weighted by Crippen LogP contribution is 2.49. The van der Waals surface area contributed by atoms with Crippen molar-refractivity contribution in [1.29, 1.82) is 0 Å². The van der Waals surface area contributed by atoms with Gasteiger partial charge in [0.15, 0.2) is 0 Å². The fraction of sp³-hybridized carbons (Fsp3) is 0.778. The van der Waals surface area contributed by atoms with Crippen molar-refractivity contribution >= 4 is 5.91 Å². The quantitative estimate of drug-likeness (QED) is 0.860. The van der Waals surface area contributed by atoms with Gasteiger partial charge < -0.3 is 4.90 Å². The van der Waals surface area contributed by atoms with Crippen LogP contribution >= 0.6 is 0 Å². The molecular weight excluding hydrogens is 274 g/mol. The molecule has 120 valence electrons. The molecule has 0 aromatic carbocycles. The third-order valence-electron chi connectivity index (χ3n) is 6.04. The molecule has 0 radical (unpaired) electrons. The molecule has 0 unspecified atom stereocenters. The second kappa shape index (κ2) is 5.71. The summed E-state index contributed by atoms with van der Waals surface area (Å²) in [6.45, 7) is 0.996. The van der Waals surface area contributed by atoms with E-state index < -0.39 is 0 Å². The van der Waals surface area contributed by atoms with Crippen molar-refractivity contribution in [2.24, 2.45) is 18.9 Å². The van der Waals surface area contributed by atoms with E-state index in [0.29, 0.717) is 17.9 Å². The summed E-state index contributed by atoms with van der Waals surface area (Å²) < 4.78 is 1.84. The fourth-order valence-corrected chi connectivity index (χ4v) is 4.76. The Bertz CT molecular complexity index is 546. The molecule has 3 aliphatic rings. The number of carbonyl (C=O) groups is 1. The lowest BCUT2D eigenvalue weighted by Crippen LogP contribution is -2.41. The second-order valence-electron chi connectivity index (χ2n) is 7.54. The monoisotopic (exact) mass is 301 g/mol. The van der Waals surface area contributed by atoms with Gasteiger partial charge in [-0.25, -0.2) is 0 Å². The summed E-state index contributed by atoms with van der Waals surface area (Å²) in [6, 6.07) is 0.544. The Morgan fingerprint density at radius 2 is 2.00 bits per heavy atom. The first-order chi connectivity index (χ1) is 10.7. The maximum absolute atomic E-state index is 12.9. The normalized spacial score (nSPS) is 32.4. The lowest BCUT2D eigenvalue weighted by molar-refractivity contribution is -0.134. The van der Waals surface area contributed by atoms with Crippen molar-refractivity contribution in [2.45, 2.75) is 63.3 Å². The summed E-state index contributed by atoms with van der Waals surface area (Å²) in [5, 5.41) is 4.25. The van der Waals surface area contributed by atoms with Gasteiger partial charge in [-0.05, 0) is 49.5 Å². The predicted molar refractivity (Wildman–Crippen MR) is 85.4 cm³/mol. The van der Waals surface area contributed by atoms with Crippen molar-refractivity contribution in [3.05, 3.63) is 18.0 Å². The van der Waals surface area contributed by atoms with E-state index in [2.05, 4.69) is 16.2 Å².